The largest absolute Gasteiger partial charge is 0.481 e. The average molecular weight is 184 g/mol. The van der Waals surface area contributed by atoms with Crippen molar-refractivity contribution in [3.05, 3.63) is 11.8 Å². The standard InChI is InChI=1S/C9H16N2O2/c1-9(2,3)11-8(13-4)7(6-12)5-10-11/h5,12H,6H2,1-4H3. The quantitative estimate of drug-likeness (QED) is 0.749. The molecule has 0 aliphatic heterocycles. The van der Waals surface area contributed by atoms with Crippen LogP contribution < -0.4 is 4.74 Å². The van der Waals surface area contributed by atoms with Gasteiger partial charge in [-0.25, -0.2) is 4.68 Å². The van der Waals surface area contributed by atoms with Gasteiger partial charge in [0.1, 0.15) is 0 Å². The van der Waals surface area contributed by atoms with Crippen LogP contribution in [0.3, 0.4) is 0 Å². The molecule has 1 aromatic heterocycles. The molecule has 0 fully saturated rings. The smallest absolute Gasteiger partial charge is 0.217 e. The van der Waals surface area contributed by atoms with E-state index in [2.05, 4.69) is 5.10 Å². The number of methoxy groups -OCH3 is 1. The molecule has 0 atom stereocenters. The van der Waals surface area contributed by atoms with E-state index in [1.165, 1.54) is 0 Å². The van der Waals surface area contributed by atoms with Gasteiger partial charge >= 0.3 is 0 Å². The predicted octanol–water partition coefficient (Wildman–Crippen LogP) is 1.14. The zero-order valence-electron chi connectivity index (χ0n) is 8.53. The Morgan fingerprint density at radius 2 is 2.15 bits per heavy atom. The average Bonchev–Trinajstić information content (AvgIpc) is 2.45. The highest BCUT2D eigenvalue weighted by atomic mass is 16.5. The van der Waals surface area contributed by atoms with Crippen molar-refractivity contribution in [2.45, 2.75) is 32.9 Å². The second kappa shape index (κ2) is 3.38. The lowest BCUT2D eigenvalue weighted by atomic mass is 10.1. The minimum absolute atomic E-state index is 0.0424. The van der Waals surface area contributed by atoms with Gasteiger partial charge in [0.05, 0.1) is 31.0 Å². The van der Waals surface area contributed by atoms with Crippen LogP contribution in [0.2, 0.25) is 0 Å². The Labute approximate surface area is 78.1 Å². The summed E-state index contributed by atoms with van der Waals surface area (Å²) >= 11 is 0. The zero-order chi connectivity index (χ0) is 10.1. The van der Waals surface area contributed by atoms with Crippen molar-refractivity contribution in [1.82, 2.24) is 9.78 Å². The van der Waals surface area contributed by atoms with Crippen molar-refractivity contribution in [2.24, 2.45) is 0 Å². The normalized spacial score (nSPS) is 11.8. The van der Waals surface area contributed by atoms with E-state index in [1.807, 2.05) is 20.8 Å². The summed E-state index contributed by atoms with van der Waals surface area (Å²) in [6.07, 6.45) is 1.63. The SMILES string of the molecule is COc1c(CO)cnn1C(C)(C)C. The van der Waals surface area contributed by atoms with Gasteiger partial charge in [0.25, 0.3) is 0 Å². The van der Waals surface area contributed by atoms with E-state index in [9.17, 15) is 0 Å². The molecule has 1 N–H and O–H groups in total. The minimum Gasteiger partial charge on any atom is -0.481 e. The molecule has 74 valence electrons. The molecule has 1 heterocycles. The highest BCUT2D eigenvalue weighted by Crippen LogP contribution is 2.25. The third-order valence-corrected chi connectivity index (χ3v) is 1.80. The van der Waals surface area contributed by atoms with Gasteiger partial charge in [0, 0.05) is 0 Å². The molecule has 0 spiro atoms. The van der Waals surface area contributed by atoms with Crippen molar-refractivity contribution >= 4 is 0 Å². The van der Waals surface area contributed by atoms with Crippen LogP contribution in [0.4, 0.5) is 0 Å². The molecule has 0 saturated heterocycles. The fraction of sp³-hybridized carbons (Fsp3) is 0.667. The van der Waals surface area contributed by atoms with Gasteiger partial charge in [-0.05, 0) is 20.8 Å². The first-order valence-corrected chi connectivity index (χ1v) is 4.23. The third kappa shape index (κ3) is 1.83. The number of rotatable bonds is 2. The number of ether oxygens (including phenoxy) is 1. The van der Waals surface area contributed by atoms with Crippen LogP contribution in [0.1, 0.15) is 26.3 Å². The Balaban J connectivity index is 3.16. The number of hydrogen-bond donors (Lipinski definition) is 1. The van der Waals surface area contributed by atoms with Crippen molar-refractivity contribution in [2.75, 3.05) is 7.11 Å². The van der Waals surface area contributed by atoms with Crippen molar-refractivity contribution < 1.29 is 9.84 Å². The highest BCUT2D eigenvalue weighted by molar-refractivity contribution is 5.24. The Kier molecular flexibility index (Phi) is 2.61. The molecule has 0 amide bonds. The van der Waals surface area contributed by atoms with Crippen molar-refractivity contribution in [1.29, 1.82) is 0 Å². The topological polar surface area (TPSA) is 47.3 Å². The molecular formula is C9H16N2O2. The molecule has 1 aromatic rings. The van der Waals surface area contributed by atoms with E-state index in [0.717, 1.165) is 5.56 Å². The van der Waals surface area contributed by atoms with E-state index < -0.39 is 0 Å². The molecule has 4 heteroatoms. The van der Waals surface area contributed by atoms with Crippen LogP contribution >= 0.6 is 0 Å². The van der Waals surface area contributed by atoms with Gasteiger partial charge in [-0.15, -0.1) is 0 Å². The van der Waals surface area contributed by atoms with Gasteiger partial charge < -0.3 is 9.84 Å². The van der Waals surface area contributed by atoms with E-state index in [0.29, 0.717) is 5.88 Å². The lowest BCUT2D eigenvalue weighted by molar-refractivity contribution is 0.255. The first-order valence-electron chi connectivity index (χ1n) is 4.23. The van der Waals surface area contributed by atoms with Gasteiger partial charge in [0.2, 0.25) is 5.88 Å². The van der Waals surface area contributed by atoms with Crippen LogP contribution in [0.5, 0.6) is 5.88 Å². The maximum Gasteiger partial charge on any atom is 0.217 e. The summed E-state index contributed by atoms with van der Waals surface area (Å²) in [5.74, 6) is 0.634. The summed E-state index contributed by atoms with van der Waals surface area (Å²) in [6.45, 7) is 6.05. The fourth-order valence-corrected chi connectivity index (χ4v) is 1.17. The molecule has 13 heavy (non-hydrogen) atoms. The van der Waals surface area contributed by atoms with Crippen molar-refractivity contribution in [3.8, 4) is 5.88 Å². The van der Waals surface area contributed by atoms with Gasteiger partial charge in [-0.2, -0.15) is 5.10 Å². The first-order chi connectivity index (χ1) is 6.00. The third-order valence-electron chi connectivity index (χ3n) is 1.80. The van der Waals surface area contributed by atoms with Gasteiger partial charge in [-0.3, -0.25) is 0 Å². The molecule has 0 aliphatic rings. The number of hydrogen-bond acceptors (Lipinski definition) is 3. The zero-order valence-corrected chi connectivity index (χ0v) is 8.53. The molecule has 1 rings (SSSR count). The number of aromatic nitrogens is 2. The van der Waals surface area contributed by atoms with Gasteiger partial charge in [0.15, 0.2) is 0 Å². The highest BCUT2D eigenvalue weighted by Gasteiger charge is 2.20. The lowest BCUT2D eigenvalue weighted by Crippen LogP contribution is -2.23. The fourth-order valence-electron chi connectivity index (χ4n) is 1.17. The minimum atomic E-state index is -0.126. The van der Waals surface area contributed by atoms with Crippen LogP contribution in [0, 0.1) is 0 Å². The first kappa shape index (κ1) is 10.1. The summed E-state index contributed by atoms with van der Waals surface area (Å²) in [7, 11) is 1.58. The molecule has 0 aromatic carbocycles. The van der Waals surface area contributed by atoms with Crippen LogP contribution in [0.15, 0.2) is 6.20 Å². The predicted molar refractivity (Wildman–Crippen MR) is 49.7 cm³/mol. The lowest BCUT2D eigenvalue weighted by Gasteiger charge is -2.21. The van der Waals surface area contributed by atoms with E-state index in [4.69, 9.17) is 9.84 Å². The number of aliphatic hydroxyl groups is 1. The maximum absolute atomic E-state index is 9.00. The molecule has 0 bridgehead atoms. The number of aliphatic hydroxyl groups excluding tert-OH is 1. The van der Waals surface area contributed by atoms with Crippen LogP contribution in [0.25, 0.3) is 0 Å². The molecule has 4 nitrogen and oxygen atoms in total. The van der Waals surface area contributed by atoms with Gasteiger partial charge in [-0.1, -0.05) is 0 Å². The monoisotopic (exact) mass is 184 g/mol. The molecular weight excluding hydrogens is 168 g/mol. The second-order valence-corrected chi connectivity index (χ2v) is 3.92. The Bertz CT molecular complexity index is 286. The van der Waals surface area contributed by atoms with E-state index in [-0.39, 0.29) is 12.1 Å². The van der Waals surface area contributed by atoms with E-state index in [1.54, 1.807) is 18.0 Å². The van der Waals surface area contributed by atoms with Crippen LogP contribution in [-0.4, -0.2) is 22.0 Å². The molecule has 0 radical (unpaired) electrons. The Morgan fingerprint density at radius 1 is 1.54 bits per heavy atom. The molecule has 0 unspecified atom stereocenters. The van der Waals surface area contributed by atoms with Crippen molar-refractivity contribution in [3.63, 3.8) is 0 Å². The van der Waals surface area contributed by atoms with Crippen LogP contribution in [-0.2, 0) is 12.1 Å². The summed E-state index contributed by atoms with van der Waals surface area (Å²) in [6, 6.07) is 0. The Morgan fingerprint density at radius 3 is 2.54 bits per heavy atom. The molecule has 0 aliphatic carbocycles. The number of nitrogens with zero attached hydrogens (tertiary/aromatic N) is 2. The maximum atomic E-state index is 9.00. The van der Waals surface area contributed by atoms with E-state index >= 15 is 0 Å². The molecule has 0 saturated carbocycles. The Hall–Kier alpha value is -1.03. The summed E-state index contributed by atoms with van der Waals surface area (Å²) < 4.78 is 6.94. The summed E-state index contributed by atoms with van der Waals surface area (Å²) in [5.41, 5.74) is 0.594. The second-order valence-electron chi connectivity index (χ2n) is 3.92. The summed E-state index contributed by atoms with van der Waals surface area (Å²) in [4.78, 5) is 0. The summed E-state index contributed by atoms with van der Waals surface area (Å²) in [5, 5.41) is 13.2.